The van der Waals surface area contributed by atoms with Gasteiger partial charge in [-0.05, 0) is 38.5 Å². The highest BCUT2D eigenvalue weighted by molar-refractivity contribution is 5.93. The van der Waals surface area contributed by atoms with E-state index in [0.717, 1.165) is 77.0 Å². The van der Waals surface area contributed by atoms with Crippen molar-refractivity contribution in [2.24, 2.45) is 0 Å². The number of ether oxygens (including phenoxy) is 6. The van der Waals surface area contributed by atoms with Crippen molar-refractivity contribution in [3.8, 4) is 0 Å². The van der Waals surface area contributed by atoms with Crippen molar-refractivity contribution in [2.75, 3.05) is 98.5 Å². The first-order chi connectivity index (χ1) is 52.8. The van der Waals surface area contributed by atoms with Crippen LogP contribution in [0.4, 0.5) is 0 Å². The zero-order chi connectivity index (χ0) is 80.1. The molecule has 0 rings (SSSR count). The summed E-state index contributed by atoms with van der Waals surface area (Å²) in [5.74, 6) is -0.945. The number of nitrogens with one attached hydrogen (secondary N) is 3. The topological polar surface area (TPSA) is 360 Å². The van der Waals surface area contributed by atoms with Gasteiger partial charge in [0.1, 0.15) is 0 Å². The van der Waals surface area contributed by atoms with Gasteiger partial charge in [0, 0.05) is 78.2 Å². The maximum Gasteiger partial charge on any atom is 0.252 e. The van der Waals surface area contributed by atoms with Crippen LogP contribution in [0.1, 0.15) is 411 Å². The predicted octanol–water partition coefficient (Wildman–Crippen LogP) is 1.89. The van der Waals surface area contributed by atoms with Gasteiger partial charge in [-0.1, -0.05) is 333 Å². The molecule has 0 saturated carbocycles. The van der Waals surface area contributed by atoms with Gasteiger partial charge in [-0.25, -0.2) is 0 Å². The minimum Gasteiger partial charge on any atom is -1.00 e. The zero-order valence-corrected chi connectivity index (χ0v) is 76.4. The first-order valence-corrected chi connectivity index (χ1v) is 45.7. The molecule has 21 N–H and O–H groups in total. The summed E-state index contributed by atoms with van der Waals surface area (Å²) < 4.78 is 36.3. The van der Waals surface area contributed by atoms with E-state index in [9.17, 15) is 28.8 Å². The molecule has 0 aromatic carbocycles. The third kappa shape index (κ3) is 88.2. The van der Waals surface area contributed by atoms with E-state index in [-0.39, 0.29) is 107 Å². The molecule has 0 saturated heterocycles. The molecule has 0 fully saturated rings. The Bertz CT molecular complexity index is 1830. The van der Waals surface area contributed by atoms with Crippen LogP contribution in [0.25, 0.3) is 0 Å². The lowest BCUT2D eigenvalue weighted by molar-refractivity contribution is -0.368. The van der Waals surface area contributed by atoms with Gasteiger partial charge >= 0.3 is 0 Å². The molecule has 0 radical (unpaired) electrons. The van der Waals surface area contributed by atoms with Gasteiger partial charge in [-0.3, -0.25) is 28.8 Å². The van der Waals surface area contributed by atoms with Crippen LogP contribution in [-0.2, 0) is 57.2 Å². The van der Waals surface area contributed by atoms with Crippen LogP contribution >= 0.6 is 0 Å². The number of unbranched alkanes of at least 4 members (excludes halogenated alkanes) is 42. The second kappa shape index (κ2) is 110. The minimum absolute atomic E-state index is 0. The fourth-order valence-electron chi connectivity index (χ4n) is 12.9. The molecule has 698 valence electrons. The first kappa shape index (κ1) is 134. The summed E-state index contributed by atoms with van der Waals surface area (Å²) in [4.78, 5) is 77.8. The number of quaternary nitrogens is 6. The molecule has 6 atom stereocenters. The lowest BCUT2D eigenvalue weighted by atomic mass is 10.0. The van der Waals surface area contributed by atoms with E-state index in [1.807, 2.05) is 0 Å². The van der Waals surface area contributed by atoms with E-state index in [0.29, 0.717) is 137 Å². The van der Waals surface area contributed by atoms with E-state index >= 15 is 0 Å². The lowest BCUT2D eigenvalue weighted by Gasteiger charge is -2.26. The number of hydrogen-bond donors (Lipinski definition) is 9. The average molecular weight is 1740 g/mol. The number of rotatable bonds is 84. The number of ketones is 3. The van der Waals surface area contributed by atoms with Gasteiger partial charge in [-0.15, -0.1) is 0 Å². The number of amides is 3. The van der Waals surface area contributed by atoms with Crippen molar-refractivity contribution in [1.29, 1.82) is 0 Å². The SMILES string of the molecule is C.C.C.CCCCCCCCCCCCO[C@@H](C(=O)CCC[NH3+])[C@@H](OCCCCCCCCCCCC)C(=O)NCC[NH3+].CCCCCCCCCCO[C@@H](C(=O)CCC[NH3+])[C@@H](OCCCCCCCCCC)C(=O)NCC[NH3+].CCCCCCCCO[C@@H](C(=O)CCC[NH3+])[C@@H](OCCCCCCCC)C(=O)NCC[NH3+].[Cl-].[Cl-].[Cl-].[Cl-]. The highest BCUT2D eigenvalue weighted by Gasteiger charge is 2.38. The average Bonchev–Trinajstić information content (AvgIpc) is 0.876. The van der Waals surface area contributed by atoms with E-state index in [4.69, 9.17) is 28.4 Å². The van der Waals surface area contributed by atoms with Gasteiger partial charge in [0.05, 0.1) is 58.9 Å². The van der Waals surface area contributed by atoms with Crippen molar-refractivity contribution < 1.29 is 141 Å². The van der Waals surface area contributed by atoms with Crippen LogP contribution in [0.15, 0.2) is 0 Å². The maximum absolute atomic E-state index is 13.1. The second-order valence-electron chi connectivity index (χ2n) is 30.3. The van der Waals surface area contributed by atoms with E-state index in [2.05, 4.69) is 91.9 Å². The Kier molecular flexibility index (Phi) is 128. The van der Waals surface area contributed by atoms with Crippen LogP contribution in [0.2, 0.25) is 0 Å². The molecule has 0 aliphatic carbocycles. The largest absolute Gasteiger partial charge is 1.00 e. The van der Waals surface area contributed by atoms with Crippen molar-refractivity contribution in [2.45, 2.75) is 447 Å². The number of halogens is 4. The molecule has 0 aromatic rings. The number of carbonyl (C=O) groups is 6. The molecule has 21 nitrogen and oxygen atoms in total. The summed E-state index contributed by atoms with van der Waals surface area (Å²) in [7, 11) is 0. The Morgan fingerprint density at radius 3 is 0.487 bits per heavy atom. The van der Waals surface area contributed by atoms with Gasteiger partial charge in [-0.2, -0.15) is 0 Å². The molecular weight excluding hydrogens is 1540 g/mol. The number of Topliss-reactive ketones (excluding diaryl/α,β-unsaturated/α-hetero) is 3. The minimum atomic E-state index is -0.898. The molecule has 0 heterocycles. The summed E-state index contributed by atoms with van der Waals surface area (Å²) in [5.41, 5.74) is 22.9. The van der Waals surface area contributed by atoms with Crippen molar-refractivity contribution in [1.82, 2.24) is 16.0 Å². The Morgan fingerprint density at radius 1 is 0.209 bits per heavy atom. The Morgan fingerprint density at radius 2 is 0.348 bits per heavy atom. The molecule has 0 aliphatic heterocycles. The zero-order valence-electron chi connectivity index (χ0n) is 73.4. The fraction of sp³-hybridized carbons (Fsp3) is 0.933. The summed E-state index contributed by atoms with van der Waals surface area (Å²) in [5, 5.41) is 8.60. The van der Waals surface area contributed by atoms with Gasteiger partial charge in [0.25, 0.3) is 17.7 Å². The smallest absolute Gasteiger partial charge is 0.252 e. The Hall–Kier alpha value is -1.90. The van der Waals surface area contributed by atoms with Crippen LogP contribution in [0, 0.1) is 0 Å². The lowest BCUT2D eigenvalue weighted by Crippen LogP contribution is -3.00. The third-order valence-corrected chi connectivity index (χ3v) is 19.8. The van der Waals surface area contributed by atoms with Crippen molar-refractivity contribution in [3.63, 3.8) is 0 Å². The van der Waals surface area contributed by atoms with Crippen LogP contribution in [-0.4, -0.2) is 170 Å². The molecule has 0 unspecified atom stereocenters. The van der Waals surface area contributed by atoms with Crippen molar-refractivity contribution in [3.05, 3.63) is 0 Å². The number of carbonyl (C=O) groups excluding carboxylic acids is 6. The van der Waals surface area contributed by atoms with Crippen LogP contribution in [0.5, 0.6) is 0 Å². The molecule has 0 aliphatic rings. The van der Waals surface area contributed by atoms with Gasteiger partial charge in [0.15, 0.2) is 54.0 Å². The molecular formula is C90H195Cl4N9O12+2. The normalized spacial score (nSPS) is 12.2. The third-order valence-electron chi connectivity index (χ3n) is 19.8. The summed E-state index contributed by atoms with van der Waals surface area (Å²) >= 11 is 0. The van der Waals surface area contributed by atoms with Crippen LogP contribution < -0.4 is 100.0 Å². The molecule has 3 amide bonds. The first-order valence-electron chi connectivity index (χ1n) is 45.7. The van der Waals surface area contributed by atoms with E-state index in [1.165, 1.54) is 231 Å². The monoisotopic (exact) mass is 1730 g/mol. The molecule has 25 heteroatoms. The van der Waals surface area contributed by atoms with Crippen LogP contribution in [0.3, 0.4) is 0 Å². The molecule has 0 aromatic heterocycles. The maximum atomic E-state index is 13.1. The Balaban J connectivity index is -0.000000175. The molecule has 0 bridgehead atoms. The highest BCUT2D eigenvalue weighted by atomic mass is 35.5. The second-order valence-corrected chi connectivity index (χ2v) is 30.3. The Labute approximate surface area is 733 Å². The summed E-state index contributed by atoms with van der Waals surface area (Å²) in [6.07, 6.45) is 55.8. The summed E-state index contributed by atoms with van der Waals surface area (Å²) in [6, 6.07) is 0. The molecule has 115 heavy (non-hydrogen) atoms. The van der Waals surface area contributed by atoms with E-state index < -0.39 is 36.6 Å². The standard InChI is InChI=1S/C33H67N3O4.C29H59N3O4.C25H51N3O4.3CH4.4ClH/c1-3-5-7-9-11-13-15-17-19-21-28-39-31(30(37)24-23-25-34)32(33(38)36-27-26-35)40-29-22-20-18-16-14-12-10-8-6-4-2;1-3-5-7-9-11-13-15-17-24-35-27(26(33)20-19-21-30)28(29(34)32-23-22-31)36-25-18-16-14-12-10-8-6-4-2;1-3-5-7-9-11-13-20-31-23(22(29)16-15-17-26)24(25(30)28-19-18-27)32-21-14-12-10-8-6-4-2;;;;;;;/h31-32H,3-29,34-35H2,1-2H3,(H,36,38);27-28H,3-25,30-31H2,1-2H3,(H,32,34);23-24H,3-21,26-27H2,1-2H3,(H,28,30);3*1H4;4*1H/p+2/t31-,32+;27-,28+;23-,24+;;;;;;;/m000......./s1. The fourth-order valence-corrected chi connectivity index (χ4v) is 12.9. The van der Waals surface area contributed by atoms with Crippen molar-refractivity contribution >= 4 is 35.1 Å². The van der Waals surface area contributed by atoms with Gasteiger partial charge in [0.2, 0.25) is 0 Å². The molecule has 0 spiro atoms. The number of hydrogen-bond acceptors (Lipinski definition) is 12. The highest BCUT2D eigenvalue weighted by Crippen LogP contribution is 2.20. The predicted molar refractivity (Wildman–Crippen MR) is 463 cm³/mol. The quantitative estimate of drug-likeness (QED) is 0.0395. The van der Waals surface area contributed by atoms with E-state index in [1.54, 1.807) is 0 Å². The van der Waals surface area contributed by atoms with Gasteiger partial charge < -0.3 is 128 Å². The summed E-state index contributed by atoms with van der Waals surface area (Å²) in [6.45, 7) is 21.5.